The molecule has 1 aromatic rings. The molecule has 0 heterocycles. The van der Waals surface area contributed by atoms with E-state index in [9.17, 15) is 9.59 Å². The van der Waals surface area contributed by atoms with Crippen molar-refractivity contribution in [2.24, 2.45) is 5.41 Å². The summed E-state index contributed by atoms with van der Waals surface area (Å²) in [6.07, 6.45) is 3.06. The lowest BCUT2D eigenvalue weighted by Crippen LogP contribution is -2.41. The molecular formula is C19H28N2O5. The summed E-state index contributed by atoms with van der Waals surface area (Å²) in [5.74, 6) is 0.928. The average molecular weight is 364 g/mol. The van der Waals surface area contributed by atoms with Crippen LogP contribution in [-0.4, -0.2) is 51.6 Å². The van der Waals surface area contributed by atoms with Gasteiger partial charge in [-0.3, -0.25) is 9.59 Å². The Morgan fingerprint density at radius 1 is 1.12 bits per heavy atom. The summed E-state index contributed by atoms with van der Waals surface area (Å²) in [5.41, 5.74) is -0.456. The van der Waals surface area contributed by atoms with Gasteiger partial charge in [0.25, 0.3) is 0 Å². The number of methoxy groups -OCH3 is 3. The van der Waals surface area contributed by atoms with E-state index in [2.05, 4.69) is 12.2 Å². The maximum absolute atomic E-state index is 12.8. The van der Waals surface area contributed by atoms with Gasteiger partial charge in [-0.2, -0.15) is 0 Å². The molecule has 2 amide bonds. The fraction of sp³-hybridized carbons (Fsp3) is 0.579. The summed E-state index contributed by atoms with van der Waals surface area (Å²) >= 11 is 0. The van der Waals surface area contributed by atoms with Gasteiger partial charge in [-0.05, 0) is 19.3 Å². The smallest absolute Gasteiger partial charge is 0.240 e. The number of rotatable bonds is 9. The van der Waals surface area contributed by atoms with E-state index in [4.69, 9.17) is 14.2 Å². The van der Waals surface area contributed by atoms with E-state index < -0.39 is 5.41 Å². The maximum Gasteiger partial charge on any atom is 0.240 e. The molecule has 0 aromatic heterocycles. The zero-order valence-corrected chi connectivity index (χ0v) is 16.2. The van der Waals surface area contributed by atoms with Gasteiger partial charge < -0.3 is 24.4 Å². The number of carbonyl (C=O) groups excluding carboxylic acids is 2. The van der Waals surface area contributed by atoms with Crippen molar-refractivity contribution in [1.82, 2.24) is 4.90 Å². The molecule has 0 spiro atoms. The van der Waals surface area contributed by atoms with Crippen molar-refractivity contribution in [3.8, 4) is 17.2 Å². The highest BCUT2D eigenvalue weighted by Gasteiger charge is 2.57. The molecule has 0 radical (unpaired) electrons. The Morgan fingerprint density at radius 2 is 1.69 bits per heavy atom. The average Bonchev–Trinajstić information content (AvgIpc) is 3.46. The SMILES string of the molecule is CCCCN(C)C(=O)C1(C(=O)Nc2cc(OC)c(OC)c(OC)c2)CC1. The second-order valence-corrected chi connectivity index (χ2v) is 6.53. The van der Waals surface area contributed by atoms with Crippen LogP contribution in [0.2, 0.25) is 0 Å². The Bertz CT molecular complexity index is 645. The Kier molecular flexibility index (Phi) is 6.34. The largest absolute Gasteiger partial charge is 0.493 e. The molecule has 7 heteroatoms. The van der Waals surface area contributed by atoms with E-state index in [0.29, 0.717) is 42.3 Å². The summed E-state index contributed by atoms with van der Waals surface area (Å²) in [5, 5.41) is 2.84. The van der Waals surface area contributed by atoms with E-state index in [-0.39, 0.29) is 11.8 Å². The number of hydrogen-bond donors (Lipinski definition) is 1. The Labute approximate surface area is 154 Å². The number of carbonyl (C=O) groups is 2. The van der Waals surface area contributed by atoms with Crippen molar-refractivity contribution in [1.29, 1.82) is 0 Å². The molecule has 1 aliphatic carbocycles. The second kappa shape index (κ2) is 8.29. The number of nitrogens with one attached hydrogen (secondary N) is 1. The molecule has 2 rings (SSSR count). The van der Waals surface area contributed by atoms with Crippen molar-refractivity contribution >= 4 is 17.5 Å². The van der Waals surface area contributed by atoms with E-state index >= 15 is 0 Å². The minimum absolute atomic E-state index is 0.115. The molecule has 1 aliphatic rings. The summed E-state index contributed by atoms with van der Waals surface area (Å²) < 4.78 is 15.9. The highest BCUT2D eigenvalue weighted by molar-refractivity contribution is 6.13. The Hall–Kier alpha value is -2.44. The van der Waals surface area contributed by atoms with Crippen LogP contribution in [0.5, 0.6) is 17.2 Å². The van der Waals surface area contributed by atoms with Crippen molar-refractivity contribution in [2.75, 3.05) is 40.2 Å². The predicted octanol–water partition coefficient (Wildman–Crippen LogP) is 2.69. The van der Waals surface area contributed by atoms with E-state index in [0.717, 1.165) is 12.8 Å². The summed E-state index contributed by atoms with van der Waals surface area (Å²) in [6, 6.07) is 3.31. The van der Waals surface area contributed by atoms with Crippen LogP contribution in [0.3, 0.4) is 0 Å². The van der Waals surface area contributed by atoms with Gasteiger partial charge in [0, 0.05) is 31.4 Å². The molecule has 1 N–H and O–H groups in total. The van der Waals surface area contributed by atoms with Crippen molar-refractivity contribution in [2.45, 2.75) is 32.6 Å². The molecule has 0 saturated heterocycles. The van der Waals surface area contributed by atoms with Gasteiger partial charge >= 0.3 is 0 Å². The molecule has 0 atom stereocenters. The predicted molar refractivity (Wildman–Crippen MR) is 98.9 cm³/mol. The normalized spacial score (nSPS) is 14.3. The van der Waals surface area contributed by atoms with Gasteiger partial charge in [-0.25, -0.2) is 0 Å². The number of benzene rings is 1. The van der Waals surface area contributed by atoms with E-state index in [1.165, 1.54) is 21.3 Å². The fourth-order valence-electron chi connectivity index (χ4n) is 2.93. The molecule has 1 fully saturated rings. The zero-order valence-electron chi connectivity index (χ0n) is 16.2. The standard InChI is InChI=1S/C19H28N2O5/c1-6-7-10-21(2)18(23)19(8-9-19)17(22)20-13-11-14(24-3)16(26-5)15(12-13)25-4/h11-12H,6-10H2,1-5H3,(H,20,22). The number of anilines is 1. The first-order valence-electron chi connectivity index (χ1n) is 8.80. The first-order chi connectivity index (χ1) is 12.4. The highest BCUT2D eigenvalue weighted by atomic mass is 16.5. The molecule has 1 aromatic carbocycles. The summed E-state index contributed by atoms with van der Waals surface area (Å²) in [4.78, 5) is 27.2. The number of amides is 2. The molecule has 0 bridgehead atoms. The number of nitrogens with zero attached hydrogens (tertiary/aromatic N) is 1. The number of hydrogen-bond acceptors (Lipinski definition) is 5. The van der Waals surface area contributed by atoms with Gasteiger partial charge in [0.05, 0.1) is 21.3 Å². The summed E-state index contributed by atoms with van der Waals surface area (Å²) in [7, 11) is 6.29. The topological polar surface area (TPSA) is 77.1 Å². The third kappa shape index (κ3) is 3.86. The van der Waals surface area contributed by atoms with Crippen LogP contribution < -0.4 is 19.5 Å². The van der Waals surface area contributed by atoms with Crippen molar-refractivity contribution < 1.29 is 23.8 Å². The maximum atomic E-state index is 12.8. The first-order valence-corrected chi connectivity index (χ1v) is 8.80. The lowest BCUT2D eigenvalue weighted by atomic mass is 10.0. The van der Waals surface area contributed by atoms with Crippen LogP contribution in [0.15, 0.2) is 12.1 Å². The van der Waals surface area contributed by atoms with Crippen LogP contribution in [0.1, 0.15) is 32.6 Å². The number of ether oxygens (including phenoxy) is 3. The van der Waals surface area contributed by atoms with E-state index in [1.807, 2.05) is 0 Å². The van der Waals surface area contributed by atoms with Gasteiger partial charge in [-0.1, -0.05) is 13.3 Å². The van der Waals surface area contributed by atoms with Crippen LogP contribution >= 0.6 is 0 Å². The molecule has 0 aliphatic heterocycles. The third-order valence-corrected chi connectivity index (χ3v) is 4.71. The first kappa shape index (κ1) is 19.9. The third-order valence-electron chi connectivity index (χ3n) is 4.71. The highest BCUT2D eigenvalue weighted by Crippen LogP contribution is 2.48. The van der Waals surface area contributed by atoms with Crippen LogP contribution in [0.4, 0.5) is 5.69 Å². The lowest BCUT2D eigenvalue weighted by Gasteiger charge is -2.23. The van der Waals surface area contributed by atoms with Gasteiger partial charge in [0.2, 0.25) is 17.6 Å². The summed E-state index contributed by atoms with van der Waals surface area (Å²) in [6.45, 7) is 2.73. The second-order valence-electron chi connectivity index (χ2n) is 6.53. The Balaban J connectivity index is 2.18. The molecule has 0 unspecified atom stereocenters. The van der Waals surface area contributed by atoms with Gasteiger partial charge in [0.1, 0.15) is 5.41 Å². The minimum atomic E-state index is -0.955. The van der Waals surface area contributed by atoms with Gasteiger partial charge in [0.15, 0.2) is 11.5 Å². The van der Waals surface area contributed by atoms with E-state index in [1.54, 1.807) is 24.1 Å². The quantitative estimate of drug-likeness (QED) is 0.682. The van der Waals surface area contributed by atoms with Crippen LogP contribution in [0, 0.1) is 5.41 Å². The molecule has 144 valence electrons. The van der Waals surface area contributed by atoms with Crippen molar-refractivity contribution in [3.05, 3.63) is 12.1 Å². The minimum Gasteiger partial charge on any atom is -0.493 e. The monoisotopic (exact) mass is 364 g/mol. The lowest BCUT2D eigenvalue weighted by molar-refractivity contribution is -0.141. The fourth-order valence-corrected chi connectivity index (χ4v) is 2.93. The van der Waals surface area contributed by atoms with Crippen LogP contribution in [-0.2, 0) is 9.59 Å². The molecular weight excluding hydrogens is 336 g/mol. The number of unbranched alkanes of at least 4 members (excludes halogenated alkanes) is 1. The van der Waals surface area contributed by atoms with Gasteiger partial charge in [-0.15, -0.1) is 0 Å². The zero-order chi connectivity index (χ0) is 19.3. The molecule has 1 saturated carbocycles. The molecule has 7 nitrogen and oxygen atoms in total. The molecule has 26 heavy (non-hydrogen) atoms. The Morgan fingerprint density at radius 3 is 2.12 bits per heavy atom. The van der Waals surface area contributed by atoms with Crippen molar-refractivity contribution in [3.63, 3.8) is 0 Å². The van der Waals surface area contributed by atoms with Crippen LogP contribution in [0.25, 0.3) is 0 Å².